The Bertz CT molecular complexity index is 1050. The number of carbonyl (C=O) groups is 1. The minimum absolute atomic E-state index is 0.0823. The Morgan fingerprint density at radius 2 is 2.00 bits per heavy atom. The molecule has 5 nitrogen and oxygen atoms in total. The lowest BCUT2D eigenvalue weighted by molar-refractivity contribution is -0.137. The molecule has 2 aromatic carbocycles. The predicted octanol–water partition coefficient (Wildman–Crippen LogP) is 5.94. The van der Waals surface area contributed by atoms with Crippen LogP contribution in [0.25, 0.3) is 10.9 Å². The van der Waals surface area contributed by atoms with E-state index in [9.17, 15) is 4.79 Å². The first-order valence-corrected chi connectivity index (χ1v) is 11.1. The van der Waals surface area contributed by atoms with Crippen LogP contribution < -0.4 is 4.74 Å². The molecule has 1 aliphatic carbocycles. The van der Waals surface area contributed by atoms with E-state index in [1.807, 2.05) is 49.5 Å². The van der Waals surface area contributed by atoms with Crippen LogP contribution in [0.3, 0.4) is 0 Å². The summed E-state index contributed by atoms with van der Waals surface area (Å²) in [7, 11) is 0. The van der Waals surface area contributed by atoms with Crippen LogP contribution in [0.2, 0.25) is 0 Å². The SMILES string of the molecule is CC=C[C@H](CC(=O)O)c1ccc(OCc2ccc3c(cnn3CC3CCCC3)c2)cc1. The van der Waals surface area contributed by atoms with Crippen molar-refractivity contribution >= 4 is 16.9 Å². The molecular weight excluding hydrogens is 388 g/mol. The number of hydrogen-bond acceptors (Lipinski definition) is 3. The van der Waals surface area contributed by atoms with Gasteiger partial charge in [-0.05, 0) is 61.1 Å². The van der Waals surface area contributed by atoms with E-state index in [4.69, 9.17) is 9.84 Å². The highest BCUT2D eigenvalue weighted by atomic mass is 16.5. The molecule has 0 unspecified atom stereocenters. The van der Waals surface area contributed by atoms with Gasteiger partial charge >= 0.3 is 5.97 Å². The summed E-state index contributed by atoms with van der Waals surface area (Å²) in [4.78, 5) is 11.1. The van der Waals surface area contributed by atoms with Gasteiger partial charge in [-0.3, -0.25) is 9.48 Å². The molecule has 0 aliphatic heterocycles. The number of benzene rings is 2. The van der Waals surface area contributed by atoms with Gasteiger partial charge < -0.3 is 9.84 Å². The van der Waals surface area contributed by atoms with Gasteiger partial charge in [-0.15, -0.1) is 0 Å². The Kier molecular flexibility index (Phi) is 6.70. The number of aromatic nitrogens is 2. The molecule has 3 aromatic rings. The van der Waals surface area contributed by atoms with Crippen LogP contribution in [0.15, 0.2) is 60.8 Å². The van der Waals surface area contributed by atoms with Crippen molar-refractivity contribution in [1.29, 1.82) is 0 Å². The summed E-state index contributed by atoms with van der Waals surface area (Å²) in [5.41, 5.74) is 3.27. The summed E-state index contributed by atoms with van der Waals surface area (Å²) in [6.45, 7) is 3.40. The number of carboxylic acid groups (broad SMARTS) is 1. The number of nitrogens with zero attached hydrogens (tertiary/aromatic N) is 2. The highest BCUT2D eigenvalue weighted by molar-refractivity contribution is 5.79. The zero-order chi connectivity index (χ0) is 21.6. The monoisotopic (exact) mass is 418 g/mol. The third kappa shape index (κ3) is 5.35. The fourth-order valence-corrected chi connectivity index (χ4v) is 4.50. The van der Waals surface area contributed by atoms with E-state index in [0.29, 0.717) is 6.61 Å². The molecule has 162 valence electrons. The number of allylic oxidation sites excluding steroid dienone is 2. The van der Waals surface area contributed by atoms with E-state index in [0.717, 1.165) is 34.7 Å². The summed E-state index contributed by atoms with van der Waals surface area (Å²) < 4.78 is 8.12. The van der Waals surface area contributed by atoms with Crippen molar-refractivity contribution in [2.45, 2.75) is 58.1 Å². The molecule has 1 atom stereocenters. The van der Waals surface area contributed by atoms with Crippen molar-refractivity contribution in [3.8, 4) is 5.75 Å². The maximum absolute atomic E-state index is 11.1. The van der Waals surface area contributed by atoms with E-state index in [1.165, 1.54) is 31.2 Å². The summed E-state index contributed by atoms with van der Waals surface area (Å²) in [5, 5.41) is 14.9. The van der Waals surface area contributed by atoms with Gasteiger partial charge in [-0.1, -0.05) is 43.2 Å². The number of fused-ring (bicyclic) bond motifs is 1. The first-order chi connectivity index (χ1) is 15.1. The summed E-state index contributed by atoms with van der Waals surface area (Å²) >= 11 is 0. The van der Waals surface area contributed by atoms with Crippen molar-refractivity contribution in [2.75, 3.05) is 0 Å². The van der Waals surface area contributed by atoms with Gasteiger partial charge in [0.05, 0.1) is 18.1 Å². The molecule has 31 heavy (non-hydrogen) atoms. The smallest absolute Gasteiger partial charge is 0.304 e. The summed E-state index contributed by atoms with van der Waals surface area (Å²) in [5.74, 6) is 0.609. The standard InChI is InChI=1S/C26H30N2O3/c1-2-5-22(15-26(29)30)21-9-11-24(12-10-21)31-18-20-8-13-25-23(14-20)16-27-28(25)17-19-6-3-4-7-19/h2,5,8-14,16,19,22H,3-4,6-7,15,17-18H2,1H3,(H,29,30)/t22-/m1/s1. The molecule has 1 fully saturated rings. The average molecular weight is 419 g/mol. The lowest BCUT2D eigenvalue weighted by Gasteiger charge is -2.12. The number of aliphatic carboxylic acids is 1. The second-order valence-corrected chi connectivity index (χ2v) is 8.46. The lowest BCUT2D eigenvalue weighted by Crippen LogP contribution is -2.08. The molecule has 0 bridgehead atoms. The molecule has 1 aromatic heterocycles. The van der Waals surface area contributed by atoms with Crippen molar-refractivity contribution in [2.24, 2.45) is 5.92 Å². The molecular formula is C26H30N2O3. The molecule has 1 N–H and O–H groups in total. The fraction of sp³-hybridized carbons (Fsp3) is 0.385. The number of rotatable bonds is 9. The normalized spacial score (nSPS) is 15.6. The van der Waals surface area contributed by atoms with Crippen LogP contribution >= 0.6 is 0 Å². The molecule has 0 radical (unpaired) electrons. The Balaban J connectivity index is 1.38. The Labute approximate surface area is 183 Å². The van der Waals surface area contributed by atoms with Gasteiger partial charge in [0.15, 0.2) is 0 Å². The van der Waals surface area contributed by atoms with Crippen LogP contribution in [0.4, 0.5) is 0 Å². The van der Waals surface area contributed by atoms with Gasteiger partial charge in [0.2, 0.25) is 0 Å². The maximum atomic E-state index is 11.1. The summed E-state index contributed by atoms with van der Waals surface area (Å²) in [6, 6.07) is 14.1. The molecule has 1 saturated carbocycles. The number of ether oxygens (including phenoxy) is 1. The maximum Gasteiger partial charge on any atom is 0.304 e. The largest absolute Gasteiger partial charge is 0.489 e. The van der Waals surface area contributed by atoms with Gasteiger partial charge in [0.25, 0.3) is 0 Å². The highest BCUT2D eigenvalue weighted by Gasteiger charge is 2.17. The molecule has 1 heterocycles. The zero-order valence-corrected chi connectivity index (χ0v) is 18.0. The van der Waals surface area contributed by atoms with Crippen LogP contribution in [-0.2, 0) is 17.9 Å². The van der Waals surface area contributed by atoms with Crippen LogP contribution in [0.5, 0.6) is 5.75 Å². The Hall–Kier alpha value is -3.08. The van der Waals surface area contributed by atoms with Crippen LogP contribution in [0.1, 0.15) is 56.1 Å². The summed E-state index contributed by atoms with van der Waals surface area (Å²) in [6.07, 6.45) is 11.2. The minimum atomic E-state index is -0.801. The zero-order valence-electron chi connectivity index (χ0n) is 18.0. The van der Waals surface area contributed by atoms with Gasteiger partial charge in [-0.25, -0.2) is 0 Å². The second kappa shape index (κ2) is 9.82. The van der Waals surface area contributed by atoms with E-state index >= 15 is 0 Å². The lowest BCUT2D eigenvalue weighted by atomic mass is 9.95. The van der Waals surface area contributed by atoms with Crippen molar-refractivity contribution in [3.05, 3.63) is 71.9 Å². The predicted molar refractivity (Wildman–Crippen MR) is 122 cm³/mol. The van der Waals surface area contributed by atoms with Gasteiger partial charge in [0, 0.05) is 17.8 Å². The third-order valence-electron chi connectivity index (χ3n) is 6.15. The molecule has 4 rings (SSSR count). The fourth-order valence-electron chi connectivity index (χ4n) is 4.50. The van der Waals surface area contributed by atoms with Crippen LogP contribution in [0, 0.1) is 5.92 Å². The first-order valence-electron chi connectivity index (χ1n) is 11.1. The third-order valence-corrected chi connectivity index (χ3v) is 6.15. The van der Waals surface area contributed by atoms with Crippen molar-refractivity contribution in [3.63, 3.8) is 0 Å². The second-order valence-electron chi connectivity index (χ2n) is 8.46. The Morgan fingerprint density at radius 3 is 2.71 bits per heavy atom. The van der Waals surface area contributed by atoms with Crippen LogP contribution in [-0.4, -0.2) is 20.9 Å². The molecule has 0 saturated heterocycles. The highest BCUT2D eigenvalue weighted by Crippen LogP contribution is 2.28. The topological polar surface area (TPSA) is 64.3 Å². The van der Waals surface area contributed by atoms with Crippen molar-refractivity contribution in [1.82, 2.24) is 9.78 Å². The molecule has 0 amide bonds. The Morgan fingerprint density at radius 1 is 1.23 bits per heavy atom. The van der Waals surface area contributed by atoms with Gasteiger partial charge in [-0.2, -0.15) is 5.10 Å². The number of carboxylic acids is 1. The van der Waals surface area contributed by atoms with Crippen molar-refractivity contribution < 1.29 is 14.6 Å². The van der Waals surface area contributed by atoms with E-state index in [2.05, 4.69) is 28.0 Å². The van der Waals surface area contributed by atoms with Gasteiger partial charge in [0.1, 0.15) is 12.4 Å². The van der Waals surface area contributed by atoms with E-state index in [-0.39, 0.29) is 12.3 Å². The molecule has 5 heteroatoms. The first kappa shape index (κ1) is 21.2. The molecule has 0 spiro atoms. The average Bonchev–Trinajstić information content (AvgIpc) is 3.42. The quantitative estimate of drug-likeness (QED) is 0.437. The minimum Gasteiger partial charge on any atom is -0.489 e. The number of hydrogen-bond donors (Lipinski definition) is 1. The van der Waals surface area contributed by atoms with E-state index in [1.54, 1.807) is 0 Å². The molecule has 1 aliphatic rings. The van der Waals surface area contributed by atoms with E-state index < -0.39 is 5.97 Å².